The molecule has 0 saturated carbocycles. The number of carboxylic acid groups (broad SMARTS) is 1. The molecule has 20 heavy (non-hydrogen) atoms. The van der Waals surface area contributed by atoms with Crippen LogP contribution < -0.4 is 5.32 Å². The fourth-order valence-electron chi connectivity index (χ4n) is 1.92. The molecule has 6 nitrogen and oxygen atoms in total. The van der Waals surface area contributed by atoms with Crippen molar-refractivity contribution in [1.29, 1.82) is 0 Å². The molecule has 0 saturated heterocycles. The summed E-state index contributed by atoms with van der Waals surface area (Å²) in [4.78, 5) is 33.9. The van der Waals surface area contributed by atoms with E-state index in [0.717, 1.165) is 0 Å². The third kappa shape index (κ3) is 4.22. The molecule has 6 heteroatoms. The Morgan fingerprint density at radius 1 is 1.40 bits per heavy atom. The molecule has 110 valence electrons. The summed E-state index contributed by atoms with van der Waals surface area (Å²) >= 11 is 0. The van der Waals surface area contributed by atoms with Gasteiger partial charge in [0, 0.05) is 31.8 Å². The van der Waals surface area contributed by atoms with Crippen molar-refractivity contribution in [2.45, 2.75) is 26.7 Å². The summed E-state index contributed by atoms with van der Waals surface area (Å²) in [6.07, 6.45) is 2.31. The highest BCUT2D eigenvalue weighted by Gasteiger charge is 2.16. The van der Waals surface area contributed by atoms with Crippen LogP contribution in [0.2, 0.25) is 0 Å². The fraction of sp³-hybridized carbons (Fsp3) is 0.500. The number of nitrogens with zero attached hydrogens (tertiary/aromatic N) is 1. The normalized spacial score (nSPS) is 11.9. The van der Waals surface area contributed by atoms with Crippen LogP contribution in [0.25, 0.3) is 0 Å². The number of Topliss-reactive ketones (excluding diaryl/α,β-unsaturated/α-hetero) is 1. The van der Waals surface area contributed by atoms with Crippen molar-refractivity contribution in [3.63, 3.8) is 0 Å². The zero-order valence-electron chi connectivity index (χ0n) is 12.0. The second kappa shape index (κ2) is 6.88. The van der Waals surface area contributed by atoms with Gasteiger partial charge in [0.25, 0.3) is 5.91 Å². The first-order valence-corrected chi connectivity index (χ1v) is 6.52. The Morgan fingerprint density at radius 2 is 2.05 bits per heavy atom. The van der Waals surface area contributed by atoms with Gasteiger partial charge in [-0.3, -0.25) is 14.4 Å². The van der Waals surface area contributed by atoms with Crippen molar-refractivity contribution in [3.05, 3.63) is 23.5 Å². The highest BCUT2D eigenvalue weighted by Crippen LogP contribution is 2.10. The Labute approximate surface area is 117 Å². The molecule has 0 aliphatic carbocycles. The number of aromatic nitrogens is 1. The van der Waals surface area contributed by atoms with Crippen LogP contribution in [-0.4, -0.2) is 33.9 Å². The molecule has 0 fully saturated rings. The Hall–Kier alpha value is -2.11. The Kier molecular flexibility index (Phi) is 5.49. The molecule has 1 unspecified atom stereocenters. The van der Waals surface area contributed by atoms with Gasteiger partial charge in [0.2, 0.25) is 0 Å². The molecule has 1 rings (SSSR count). The van der Waals surface area contributed by atoms with Gasteiger partial charge in [0.1, 0.15) is 5.69 Å². The summed E-state index contributed by atoms with van der Waals surface area (Å²) < 4.78 is 1.59. The number of carboxylic acids is 1. The molecule has 1 heterocycles. The quantitative estimate of drug-likeness (QED) is 0.740. The summed E-state index contributed by atoms with van der Waals surface area (Å²) in [6, 6.07) is 1.54. The predicted molar refractivity (Wildman–Crippen MR) is 73.8 cm³/mol. The van der Waals surface area contributed by atoms with E-state index in [-0.39, 0.29) is 24.0 Å². The van der Waals surface area contributed by atoms with Gasteiger partial charge in [0.15, 0.2) is 5.78 Å². The lowest BCUT2D eigenvalue weighted by molar-refractivity contribution is -0.138. The minimum Gasteiger partial charge on any atom is -0.481 e. The van der Waals surface area contributed by atoms with Gasteiger partial charge in [0.05, 0.1) is 0 Å². The lowest BCUT2D eigenvalue weighted by atomic mass is 10.0. The second-order valence-corrected chi connectivity index (χ2v) is 4.86. The smallest absolute Gasteiger partial charge is 0.303 e. The van der Waals surface area contributed by atoms with Gasteiger partial charge >= 0.3 is 5.97 Å². The number of aliphatic carboxylic acids is 1. The van der Waals surface area contributed by atoms with E-state index < -0.39 is 5.97 Å². The van der Waals surface area contributed by atoms with E-state index in [9.17, 15) is 14.4 Å². The van der Waals surface area contributed by atoms with E-state index in [1.807, 2.05) is 6.92 Å². The molecule has 2 N–H and O–H groups in total. The summed E-state index contributed by atoms with van der Waals surface area (Å²) in [5, 5.41) is 11.5. The first-order chi connectivity index (χ1) is 9.35. The SMILES string of the molecule is CCC(CNC(=O)c1cc(C(C)=O)cn1C)CC(=O)O. The molecule has 0 aliphatic heterocycles. The Bertz CT molecular complexity index is 519. The number of carbonyl (C=O) groups excluding carboxylic acids is 2. The Morgan fingerprint density at radius 3 is 2.50 bits per heavy atom. The summed E-state index contributed by atoms with van der Waals surface area (Å²) in [5.41, 5.74) is 0.871. The lowest BCUT2D eigenvalue weighted by Crippen LogP contribution is -2.31. The van der Waals surface area contributed by atoms with Crippen LogP contribution in [-0.2, 0) is 11.8 Å². The van der Waals surface area contributed by atoms with Crippen molar-refractivity contribution < 1.29 is 19.5 Å². The zero-order valence-corrected chi connectivity index (χ0v) is 12.0. The van der Waals surface area contributed by atoms with E-state index in [0.29, 0.717) is 24.2 Å². The first-order valence-electron chi connectivity index (χ1n) is 6.52. The van der Waals surface area contributed by atoms with Crippen molar-refractivity contribution in [3.8, 4) is 0 Å². The summed E-state index contributed by atoms with van der Waals surface area (Å²) in [6.45, 7) is 3.63. The topological polar surface area (TPSA) is 88.4 Å². The second-order valence-electron chi connectivity index (χ2n) is 4.86. The van der Waals surface area contributed by atoms with Crippen molar-refractivity contribution in [2.24, 2.45) is 13.0 Å². The number of hydrogen-bond donors (Lipinski definition) is 2. The summed E-state index contributed by atoms with van der Waals surface area (Å²) in [5.74, 6) is -1.37. The molecular formula is C14H20N2O4. The number of nitrogens with one attached hydrogen (secondary N) is 1. The molecule has 0 aliphatic rings. The average molecular weight is 280 g/mol. The molecule has 0 bridgehead atoms. The number of hydrogen-bond acceptors (Lipinski definition) is 3. The van der Waals surface area contributed by atoms with Crippen LogP contribution in [0.5, 0.6) is 0 Å². The molecule has 0 radical (unpaired) electrons. The monoisotopic (exact) mass is 280 g/mol. The number of aryl methyl sites for hydroxylation is 1. The van der Waals surface area contributed by atoms with Gasteiger partial charge in [-0.05, 0) is 18.9 Å². The van der Waals surface area contributed by atoms with Crippen LogP contribution in [0.3, 0.4) is 0 Å². The van der Waals surface area contributed by atoms with Gasteiger partial charge < -0.3 is 15.0 Å². The van der Waals surface area contributed by atoms with Crippen LogP contribution in [0.15, 0.2) is 12.3 Å². The van der Waals surface area contributed by atoms with Gasteiger partial charge in [-0.2, -0.15) is 0 Å². The number of ketones is 1. The number of rotatable bonds is 7. The highest BCUT2D eigenvalue weighted by atomic mass is 16.4. The largest absolute Gasteiger partial charge is 0.481 e. The standard InChI is InChI=1S/C14H20N2O4/c1-4-10(5-13(18)19)7-15-14(20)12-6-11(9(2)17)8-16(12)3/h6,8,10H,4-5,7H2,1-3H3,(H,15,20)(H,18,19). The minimum absolute atomic E-state index is 0.0304. The summed E-state index contributed by atoms with van der Waals surface area (Å²) in [7, 11) is 1.69. The van der Waals surface area contributed by atoms with Crippen LogP contribution >= 0.6 is 0 Å². The minimum atomic E-state index is -0.871. The lowest BCUT2D eigenvalue weighted by Gasteiger charge is -2.13. The van der Waals surface area contributed by atoms with Gasteiger partial charge in [-0.1, -0.05) is 13.3 Å². The maximum absolute atomic E-state index is 12.0. The fourth-order valence-corrected chi connectivity index (χ4v) is 1.92. The van der Waals surface area contributed by atoms with Gasteiger partial charge in [-0.25, -0.2) is 0 Å². The maximum Gasteiger partial charge on any atom is 0.303 e. The maximum atomic E-state index is 12.0. The highest BCUT2D eigenvalue weighted by molar-refractivity contribution is 5.99. The first kappa shape index (κ1) is 15.9. The molecule has 0 spiro atoms. The van der Waals surface area contributed by atoms with E-state index in [1.165, 1.54) is 13.0 Å². The van der Waals surface area contributed by atoms with Crippen LogP contribution in [0.1, 0.15) is 47.5 Å². The van der Waals surface area contributed by atoms with E-state index >= 15 is 0 Å². The third-order valence-corrected chi connectivity index (χ3v) is 3.24. The Balaban J connectivity index is 2.67. The molecule has 0 aromatic carbocycles. The molecule has 1 amide bonds. The van der Waals surface area contributed by atoms with Crippen molar-refractivity contribution in [2.75, 3.05) is 6.54 Å². The number of carbonyl (C=O) groups is 3. The molecule has 1 atom stereocenters. The van der Waals surface area contributed by atoms with Crippen LogP contribution in [0.4, 0.5) is 0 Å². The third-order valence-electron chi connectivity index (χ3n) is 3.24. The van der Waals surface area contributed by atoms with E-state index in [1.54, 1.807) is 17.8 Å². The van der Waals surface area contributed by atoms with Crippen LogP contribution in [0, 0.1) is 5.92 Å². The zero-order chi connectivity index (χ0) is 15.3. The molecule has 1 aromatic rings. The van der Waals surface area contributed by atoms with E-state index in [4.69, 9.17) is 5.11 Å². The van der Waals surface area contributed by atoms with E-state index in [2.05, 4.69) is 5.32 Å². The predicted octanol–water partition coefficient (Wildman–Crippen LogP) is 1.46. The number of amides is 1. The van der Waals surface area contributed by atoms with Gasteiger partial charge in [-0.15, -0.1) is 0 Å². The van der Waals surface area contributed by atoms with Crippen molar-refractivity contribution in [1.82, 2.24) is 9.88 Å². The average Bonchev–Trinajstić information content (AvgIpc) is 2.76. The molecule has 1 aromatic heterocycles. The van der Waals surface area contributed by atoms with Crippen molar-refractivity contribution >= 4 is 17.7 Å². The molecular weight excluding hydrogens is 260 g/mol.